The predicted octanol–water partition coefficient (Wildman–Crippen LogP) is 3.47. The van der Waals surface area contributed by atoms with E-state index in [1.165, 1.54) is 0 Å². The topological polar surface area (TPSA) is 36.7 Å². The molecule has 0 unspecified atom stereocenters. The zero-order chi connectivity index (χ0) is 11.1. The van der Waals surface area contributed by atoms with Crippen molar-refractivity contribution in [3.8, 4) is 6.07 Å². The maximum atomic E-state index is 8.96. The number of nitrogens with zero attached hydrogens (tertiary/aromatic N) is 2. The summed E-state index contributed by atoms with van der Waals surface area (Å²) in [5, 5.41) is 10.0. The molecular weight excluding hydrogens is 204 g/mol. The van der Waals surface area contributed by atoms with E-state index in [1.54, 1.807) is 11.3 Å². The van der Waals surface area contributed by atoms with Crippen molar-refractivity contribution in [1.29, 1.82) is 5.26 Å². The summed E-state index contributed by atoms with van der Waals surface area (Å²) in [6, 6.07) is 7.92. The fourth-order valence-corrected chi connectivity index (χ4v) is 2.41. The number of aromatic nitrogens is 1. The zero-order valence-electron chi connectivity index (χ0n) is 9.03. The van der Waals surface area contributed by atoms with Crippen LogP contribution in [-0.4, -0.2) is 4.98 Å². The molecule has 0 N–H and O–H groups in total. The Morgan fingerprint density at radius 2 is 2.07 bits per heavy atom. The van der Waals surface area contributed by atoms with Gasteiger partial charge >= 0.3 is 0 Å². The number of benzene rings is 1. The van der Waals surface area contributed by atoms with Gasteiger partial charge < -0.3 is 0 Å². The molecule has 1 heterocycles. The lowest BCUT2D eigenvalue weighted by atomic mass is 9.98. The normalized spacial score (nSPS) is 11.6. The van der Waals surface area contributed by atoms with Gasteiger partial charge in [-0.05, 0) is 12.1 Å². The molecule has 2 nitrogen and oxygen atoms in total. The number of hydrogen-bond acceptors (Lipinski definition) is 3. The van der Waals surface area contributed by atoms with Gasteiger partial charge in [-0.2, -0.15) is 5.26 Å². The van der Waals surface area contributed by atoms with E-state index in [9.17, 15) is 0 Å². The highest BCUT2D eigenvalue weighted by Crippen LogP contribution is 2.32. The first kappa shape index (κ1) is 10.1. The quantitative estimate of drug-likeness (QED) is 0.676. The minimum atomic E-state index is 0.0520. The van der Waals surface area contributed by atoms with Crippen molar-refractivity contribution in [1.82, 2.24) is 4.98 Å². The third-order valence-corrected chi connectivity index (χ3v) is 3.63. The molecule has 0 aliphatic carbocycles. The Balaban J connectivity index is 2.72. The average Bonchev–Trinajstić information content (AvgIpc) is 2.59. The average molecular weight is 216 g/mol. The van der Waals surface area contributed by atoms with Gasteiger partial charge in [0.25, 0.3) is 0 Å². The first-order valence-electron chi connectivity index (χ1n) is 4.82. The fraction of sp³-hybridized carbons (Fsp3) is 0.333. The summed E-state index contributed by atoms with van der Waals surface area (Å²) >= 11 is 1.67. The smallest absolute Gasteiger partial charge is 0.101 e. The third kappa shape index (κ3) is 1.73. The van der Waals surface area contributed by atoms with Crippen molar-refractivity contribution in [3.63, 3.8) is 0 Å². The minimum absolute atomic E-state index is 0.0520. The predicted molar refractivity (Wildman–Crippen MR) is 63.0 cm³/mol. The second-order valence-electron chi connectivity index (χ2n) is 4.53. The molecule has 3 heteroatoms. The largest absolute Gasteiger partial charge is 0.239 e. The van der Waals surface area contributed by atoms with Gasteiger partial charge in [0.1, 0.15) is 6.07 Å². The van der Waals surface area contributed by atoms with E-state index in [1.807, 2.05) is 18.2 Å². The molecule has 2 aromatic rings. The summed E-state index contributed by atoms with van der Waals surface area (Å²) in [4.78, 5) is 4.55. The number of nitriles is 1. The van der Waals surface area contributed by atoms with Gasteiger partial charge in [0.2, 0.25) is 0 Å². The van der Waals surface area contributed by atoms with E-state index in [0.717, 1.165) is 15.2 Å². The van der Waals surface area contributed by atoms with Gasteiger partial charge in [-0.15, -0.1) is 11.3 Å². The SMILES string of the molecule is CC(C)(C)c1nc2c(C#N)cccc2s1. The highest BCUT2D eigenvalue weighted by atomic mass is 32.1. The van der Waals surface area contributed by atoms with Crippen LogP contribution in [0.5, 0.6) is 0 Å². The van der Waals surface area contributed by atoms with Gasteiger partial charge in [-0.1, -0.05) is 26.8 Å². The van der Waals surface area contributed by atoms with E-state index < -0.39 is 0 Å². The number of thiazole rings is 1. The Morgan fingerprint density at radius 1 is 1.33 bits per heavy atom. The number of rotatable bonds is 0. The summed E-state index contributed by atoms with van der Waals surface area (Å²) in [6.45, 7) is 6.41. The molecule has 0 aliphatic heterocycles. The van der Waals surface area contributed by atoms with Crippen LogP contribution in [0.1, 0.15) is 31.3 Å². The van der Waals surface area contributed by atoms with E-state index in [0.29, 0.717) is 5.56 Å². The van der Waals surface area contributed by atoms with Crippen LogP contribution in [0.4, 0.5) is 0 Å². The Bertz CT molecular complexity index is 541. The minimum Gasteiger partial charge on any atom is -0.239 e. The Hall–Kier alpha value is -1.40. The van der Waals surface area contributed by atoms with Crippen molar-refractivity contribution < 1.29 is 0 Å². The van der Waals surface area contributed by atoms with Gasteiger partial charge in [0.05, 0.1) is 20.8 Å². The summed E-state index contributed by atoms with van der Waals surface area (Å²) in [6.07, 6.45) is 0. The highest BCUT2D eigenvalue weighted by molar-refractivity contribution is 7.18. The fourth-order valence-electron chi connectivity index (χ4n) is 1.36. The molecule has 0 atom stereocenters. The number of para-hydroxylation sites is 1. The van der Waals surface area contributed by atoms with Crippen LogP contribution < -0.4 is 0 Å². The van der Waals surface area contributed by atoms with E-state index in [-0.39, 0.29) is 5.41 Å². The molecule has 0 amide bonds. The Kier molecular flexibility index (Phi) is 2.24. The molecule has 0 fully saturated rings. The summed E-state index contributed by atoms with van der Waals surface area (Å²) in [7, 11) is 0. The third-order valence-electron chi connectivity index (χ3n) is 2.18. The van der Waals surface area contributed by atoms with Crippen molar-refractivity contribution in [3.05, 3.63) is 28.8 Å². The van der Waals surface area contributed by atoms with E-state index in [4.69, 9.17) is 5.26 Å². The van der Waals surface area contributed by atoms with Crippen LogP contribution in [0.2, 0.25) is 0 Å². The lowest BCUT2D eigenvalue weighted by molar-refractivity contribution is 0.587. The van der Waals surface area contributed by atoms with Crippen molar-refractivity contribution in [2.75, 3.05) is 0 Å². The summed E-state index contributed by atoms with van der Waals surface area (Å²) in [5.41, 5.74) is 1.56. The lowest BCUT2D eigenvalue weighted by Gasteiger charge is -2.13. The van der Waals surface area contributed by atoms with Crippen LogP contribution in [0.3, 0.4) is 0 Å². The molecule has 0 saturated heterocycles. The Labute approximate surface area is 93.2 Å². The van der Waals surface area contributed by atoms with E-state index >= 15 is 0 Å². The summed E-state index contributed by atoms with van der Waals surface area (Å²) < 4.78 is 1.10. The van der Waals surface area contributed by atoms with Crippen molar-refractivity contribution in [2.45, 2.75) is 26.2 Å². The van der Waals surface area contributed by atoms with Gasteiger partial charge in [-0.3, -0.25) is 0 Å². The molecule has 0 spiro atoms. The second kappa shape index (κ2) is 3.32. The Morgan fingerprint density at radius 3 is 2.67 bits per heavy atom. The summed E-state index contributed by atoms with van der Waals surface area (Å²) in [5.74, 6) is 0. The molecule has 1 aromatic heterocycles. The first-order valence-corrected chi connectivity index (χ1v) is 5.64. The molecule has 0 radical (unpaired) electrons. The standard InChI is InChI=1S/C12H12N2S/c1-12(2,3)11-14-10-8(7-13)5-4-6-9(10)15-11/h4-6H,1-3H3. The number of hydrogen-bond donors (Lipinski definition) is 0. The van der Waals surface area contributed by atoms with Crippen LogP contribution in [0, 0.1) is 11.3 Å². The molecule has 1 aromatic carbocycles. The van der Waals surface area contributed by atoms with Gasteiger partial charge in [0.15, 0.2) is 0 Å². The molecule has 15 heavy (non-hydrogen) atoms. The first-order chi connectivity index (χ1) is 7.02. The lowest BCUT2D eigenvalue weighted by Crippen LogP contribution is -2.09. The molecule has 2 rings (SSSR count). The van der Waals surface area contributed by atoms with Crippen LogP contribution in [-0.2, 0) is 5.41 Å². The van der Waals surface area contributed by atoms with Crippen molar-refractivity contribution >= 4 is 21.6 Å². The number of fused-ring (bicyclic) bond motifs is 1. The van der Waals surface area contributed by atoms with E-state index in [2.05, 4.69) is 31.8 Å². The molecule has 0 aliphatic rings. The van der Waals surface area contributed by atoms with Crippen LogP contribution in [0.15, 0.2) is 18.2 Å². The second-order valence-corrected chi connectivity index (χ2v) is 5.56. The molecule has 0 bridgehead atoms. The zero-order valence-corrected chi connectivity index (χ0v) is 9.85. The maximum Gasteiger partial charge on any atom is 0.101 e. The molecular formula is C12H12N2S. The maximum absolute atomic E-state index is 8.96. The molecule has 0 saturated carbocycles. The van der Waals surface area contributed by atoms with Crippen LogP contribution >= 0.6 is 11.3 Å². The van der Waals surface area contributed by atoms with Gasteiger partial charge in [0, 0.05) is 5.41 Å². The van der Waals surface area contributed by atoms with Crippen LogP contribution in [0.25, 0.3) is 10.2 Å². The monoisotopic (exact) mass is 216 g/mol. The van der Waals surface area contributed by atoms with Gasteiger partial charge in [-0.25, -0.2) is 4.98 Å². The molecule has 76 valence electrons. The van der Waals surface area contributed by atoms with Crippen molar-refractivity contribution in [2.24, 2.45) is 0 Å². The highest BCUT2D eigenvalue weighted by Gasteiger charge is 2.19.